The summed E-state index contributed by atoms with van der Waals surface area (Å²) in [6, 6.07) is 0. The molecule has 8 heteroatoms. The van der Waals surface area contributed by atoms with Crippen molar-refractivity contribution in [1.82, 2.24) is 9.55 Å². The van der Waals surface area contributed by atoms with E-state index in [0.29, 0.717) is 12.3 Å². The predicted octanol–water partition coefficient (Wildman–Crippen LogP) is 0.725. The number of nitrogens with one attached hydrogen (secondary N) is 1. The highest BCUT2D eigenvalue weighted by molar-refractivity contribution is 7.99. The highest BCUT2D eigenvalue weighted by Crippen LogP contribution is 2.35. The maximum Gasteiger partial charge on any atom is 0.263 e. The molecule has 1 saturated heterocycles. The SMILES string of the molecule is CCCn1c(SC[C@@H](O)C[NH+]2CCOCC2)nc2sc3c(c2c1=O)CCC3. The molecular formula is C19H28N3O3S2+. The van der Waals surface area contributed by atoms with Crippen LogP contribution in [0, 0.1) is 0 Å². The first-order valence-corrected chi connectivity index (χ1v) is 11.7. The molecule has 0 bridgehead atoms. The van der Waals surface area contributed by atoms with Gasteiger partial charge in [-0.25, -0.2) is 4.98 Å². The largest absolute Gasteiger partial charge is 0.386 e. The maximum absolute atomic E-state index is 13.2. The summed E-state index contributed by atoms with van der Waals surface area (Å²) >= 11 is 3.20. The van der Waals surface area contributed by atoms with Crippen molar-refractivity contribution in [2.45, 2.75) is 50.4 Å². The number of ether oxygens (including phenoxy) is 1. The molecule has 2 N–H and O–H groups in total. The second-order valence-corrected chi connectivity index (χ2v) is 9.49. The van der Waals surface area contributed by atoms with E-state index in [1.165, 1.54) is 27.1 Å². The van der Waals surface area contributed by atoms with Gasteiger partial charge in [0, 0.05) is 17.2 Å². The molecule has 148 valence electrons. The number of aryl methyl sites for hydroxylation is 2. The first-order valence-electron chi connectivity index (χ1n) is 9.94. The van der Waals surface area contributed by atoms with E-state index in [1.54, 1.807) is 11.3 Å². The minimum atomic E-state index is -0.404. The third kappa shape index (κ3) is 4.10. The van der Waals surface area contributed by atoms with Crippen molar-refractivity contribution in [2.24, 2.45) is 0 Å². The molecule has 0 unspecified atom stereocenters. The van der Waals surface area contributed by atoms with Gasteiger partial charge in [0.15, 0.2) is 5.16 Å². The van der Waals surface area contributed by atoms with Crippen molar-refractivity contribution in [2.75, 3.05) is 38.6 Å². The molecule has 6 nitrogen and oxygen atoms in total. The average Bonchev–Trinajstić information content (AvgIpc) is 3.24. The summed E-state index contributed by atoms with van der Waals surface area (Å²) in [6.07, 6.45) is 3.72. The zero-order chi connectivity index (χ0) is 18.8. The van der Waals surface area contributed by atoms with Crippen LogP contribution in [0.4, 0.5) is 0 Å². The van der Waals surface area contributed by atoms with Gasteiger partial charge in [-0.2, -0.15) is 0 Å². The van der Waals surface area contributed by atoms with Crippen LogP contribution in [0.5, 0.6) is 0 Å². The molecule has 3 heterocycles. The van der Waals surface area contributed by atoms with Gasteiger partial charge in [0.2, 0.25) is 0 Å². The Bertz CT molecular complexity index is 858. The molecule has 1 fully saturated rings. The van der Waals surface area contributed by atoms with Gasteiger partial charge < -0.3 is 14.7 Å². The summed E-state index contributed by atoms with van der Waals surface area (Å²) < 4.78 is 7.20. The van der Waals surface area contributed by atoms with Gasteiger partial charge in [-0.3, -0.25) is 9.36 Å². The Morgan fingerprint density at radius 3 is 2.96 bits per heavy atom. The van der Waals surface area contributed by atoms with Crippen LogP contribution in [-0.2, 0) is 24.1 Å². The molecule has 0 radical (unpaired) electrons. The van der Waals surface area contributed by atoms with Gasteiger partial charge in [-0.05, 0) is 31.2 Å². The predicted molar refractivity (Wildman–Crippen MR) is 109 cm³/mol. The van der Waals surface area contributed by atoms with E-state index in [-0.39, 0.29) is 5.56 Å². The van der Waals surface area contributed by atoms with Crippen molar-refractivity contribution in [1.29, 1.82) is 0 Å². The van der Waals surface area contributed by atoms with Crippen LogP contribution in [0.3, 0.4) is 0 Å². The van der Waals surface area contributed by atoms with Gasteiger partial charge in [-0.15, -0.1) is 11.3 Å². The van der Waals surface area contributed by atoms with Crippen LogP contribution >= 0.6 is 23.1 Å². The molecule has 1 aliphatic carbocycles. The number of nitrogens with zero attached hydrogens (tertiary/aromatic N) is 2. The highest BCUT2D eigenvalue weighted by atomic mass is 32.2. The van der Waals surface area contributed by atoms with Crippen LogP contribution < -0.4 is 10.5 Å². The fourth-order valence-corrected chi connectivity index (χ4v) is 6.27. The summed E-state index contributed by atoms with van der Waals surface area (Å²) in [6.45, 7) is 6.93. The number of fused-ring (bicyclic) bond motifs is 3. The maximum atomic E-state index is 13.2. The van der Waals surface area contributed by atoms with Gasteiger partial charge in [0.25, 0.3) is 5.56 Å². The van der Waals surface area contributed by atoms with E-state index in [4.69, 9.17) is 9.72 Å². The number of hydrogen-bond acceptors (Lipinski definition) is 6. The number of aliphatic hydroxyl groups excluding tert-OH is 1. The molecule has 0 amide bonds. The normalized spacial score (nSPS) is 18.9. The van der Waals surface area contributed by atoms with Crippen molar-refractivity contribution >= 4 is 33.3 Å². The summed E-state index contributed by atoms with van der Waals surface area (Å²) in [4.78, 5) is 21.6. The number of quaternary nitrogens is 1. The molecule has 27 heavy (non-hydrogen) atoms. The number of thioether (sulfide) groups is 1. The van der Waals surface area contributed by atoms with Gasteiger partial charge in [-0.1, -0.05) is 18.7 Å². The Kier molecular flexibility index (Phi) is 6.18. The number of hydrogen-bond donors (Lipinski definition) is 2. The topological polar surface area (TPSA) is 68.8 Å². The lowest BCUT2D eigenvalue weighted by atomic mass is 10.2. The van der Waals surface area contributed by atoms with Crippen LogP contribution in [0.15, 0.2) is 9.95 Å². The molecule has 0 aromatic carbocycles. The van der Waals surface area contributed by atoms with Gasteiger partial charge in [0.1, 0.15) is 30.6 Å². The first-order chi connectivity index (χ1) is 13.2. The fraction of sp³-hybridized carbons (Fsp3) is 0.684. The molecule has 1 atom stereocenters. The number of aromatic nitrogens is 2. The summed E-state index contributed by atoms with van der Waals surface area (Å²) in [5.41, 5.74) is 1.35. The van der Waals surface area contributed by atoms with Crippen LogP contribution in [0.1, 0.15) is 30.2 Å². The molecule has 2 aliphatic rings. The Morgan fingerprint density at radius 2 is 2.19 bits per heavy atom. The molecule has 1 aliphatic heterocycles. The second-order valence-electron chi connectivity index (χ2n) is 7.42. The summed E-state index contributed by atoms with van der Waals surface area (Å²) in [5, 5.41) is 12.1. The van der Waals surface area contributed by atoms with E-state index >= 15 is 0 Å². The number of thiophene rings is 1. The van der Waals surface area contributed by atoms with E-state index in [2.05, 4.69) is 6.92 Å². The van der Waals surface area contributed by atoms with E-state index < -0.39 is 6.10 Å². The molecule has 2 aromatic rings. The number of morpholine rings is 1. The first kappa shape index (κ1) is 19.4. The van der Waals surface area contributed by atoms with Crippen LogP contribution in [-0.4, -0.2) is 59.4 Å². The second kappa shape index (κ2) is 8.61. The van der Waals surface area contributed by atoms with Crippen LogP contribution in [0.2, 0.25) is 0 Å². The van der Waals surface area contributed by atoms with Crippen molar-refractivity contribution in [3.8, 4) is 0 Å². The minimum absolute atomic E-state index is 0.108. The van der Waals surface area contributed by atoms with E-state index in [0.717, 1.165) is 73.9 Å². The number of aliphatic hydroxyl groups is 1. The van der Waals surface area contributed by atoms with Gasteiger partial charge in [0.05, 0.1) is 18.6 Å². The molecule has 2 aromatic heterocycles. The van der Waals surface area contributed by atoms with Crippen molar-refractivity contribution in [3.63, 3.8) is 0 Å². The molecule has 0 saturated carbocycles. The lowest BCUT2D eigenvalue weighted by molar-refractivity contribution is -0.910. The van der Waals surface area contributed by atoms with E-state index in [1.807, 2.05) is 4.57 Å². The Hall–Kier alpha value is -0.930. The van der Waals surface area contributed by atoms with Crippen LogP contribution in [0.25, 0.3) is 10.2 Å². The third-order valence-corrected chi connectivity index (χ3v) is 7.67. The standard InChI is InChI=1S/C19H27N3O3S2/c1-2-6-22-18(24)16-14-4-3-5-15(14)27-17(16)20-19(22)26-12-13(23)11-21-7-9-25-10-8-21/h13,23H,2-12H2,1H3/p+1/t13-/m0/s1. The lowest BCUT2D eigenvalue weighted by Crippen LogP contribution is -3.15. The summed E-state index contributed by atoms with van der Waals surface area (Å²) in [5.74, 6) is 0.567. The minimum Gasteiger partial charge on any atom is -0.386 e. The molecule has 0 spiro atoms. The molecule has 4 rings (SSSR count). The Morgan fingerprint density at radius 1 is 1.37 bits per heavy atom. The third-order valence-electron chi connectivity index (χ3n) is 5.37. The van der Waals surface area contributed by atoms with Crippen molar-refractivity contribution < 1.29 is 14.7 Å². The lowest BCUT2D eigenvalue weighted by Gasteiger charge is -2.25. The monoisotopic (exact) mass is 410 g/mol. The average molecular weight is 411 g/mol. The van der Waals surface area contributed by atoms with E-state index in [9.17, 15) is 9.90 Å². The van der Waals surface area contributed by atoms with Crippen molar-refractivity contribution in [3.05, 3.63) is 20.8 Å². The molecular weight excluding hydrogens is 382 g/mol. The number of rotatable bonds is 7. The Labute approximate surface area is 167 Å². The zero-order valence-electron chi connectivity index (χ0n) is 15.8. The smallest absolute Gasteiger partial charge is 0.263 e. The summed E-state index contributed by atoms with van der Waals surface area (Å²) in [7, 11) is 0. The van der Waals surface area contributed by atoms with Gasteiger partial charge >= 0.3 is 0 Å². The highest BCUT2D eigenvalue weighted by Gasteiger charge is 2.24. The quantitative estimate of drug-likeness (QED) is 0.520. The zero-order valence-corrected chi connectivity index (χ0v) is 17.5. The Balaban J connectivity index is 1.53. The fourth-order valence-electron chi connectivity index (χ4n) is 4.02.